The van der Waals surface area contributed by atoms with Crippen LogP contribution in [0.2, 0.25) is 0 Å². The predicted octanol–water partition coefficient (Wildman–Crippen LogP) is 5.41. The van der Waals surface area contributed by atoms with Crippen molar-refractivity contribution in [3.63, 3.8) is 0 Å². The van der Waals surface area contributed by atoms with Crippen LogP contribution in [0.3, 0.4) is 0 Å². The van der Waals surface area contributed by atoms with Crippen molar-refractivity contribution in [1.29, 1.82) is 0 Å². The summed E-state index contributed by atoms with van der Waals surface area (Å²) in [5.41, 5.74) is 0. The fourth-order valence-electron chi connectivity index (χ4n) is 6.51. The van der Waals surface area contributed by atoms with Crippen molar-refractivity contribution in [2.45, 2.75) is 128 Å². The summed E-state index contributed by atoms with van der Waals surface area (Å²) >= 11 is 0. The Kier molecular flexibility index (Phi) is 7.03. The summed E-state index contributed by atoms with van der Waals surface area (Å²) in [4.78, 5) is 0. The van der Waals surface area contributed by atoms with E-state index in [2.05, 4.69) is 6.92 Å². The zero-order valence-corrected chi connectivity index (χ0v) is 19.0. The lowest BCUT2D eigenvalue weighted by Crippen LogP contribution is -2.45. The van der Waals surface area contributed by atoms with Gasteiger partial charge >= 0.3 is 0 Å². The van der Waals surface area contributed by atoms with Crippen LogP contribution in [0.1, 0.15) is 90.9 Å². The van der Waals surface area contributed by atoms with Gasteiger partial charge in [0, 0.05) is 5.92 Å². The van der Waals surface area contributed by atoms with E-state index in [1.54, 1.807) is 0 Å². The molecule has 5 aliphatic rings. The Morgan fingerprint density at radius 2 is 1.30 bits per heavy atom. The highest BCUT2D eigenvalue weighted by Crippen LogP contribution is 2.43. The first-order valence-electron chi connectivity index (χ1n) is 12.9. The maximum absolute atomic E-state index is 6.32. The van der Waals surface area contributed by atoms with Gasteiger partial charge in [-0.3, -0.25) is 0 Å². The van der Waals surface area contributed by atoms with E-state index >= 15 is 0 Å². The van der Waals surface area contributed by atoms with Gasteiger partial charge in [-0.05, 0) is 50.4 Å². The van der Waals surface area contributed by atoms with Crippen molar-refractivity contribution in [3.05, 3.63) is 0 Å². The lowest BCUT2D eigenvalue weighted by Gasteiger charge is -2.34. The van der Waals surface area contributed by atoms with Crippen LogP contribution >= 0.6 is 0 Å². The molecule has 30 heavy (non-hydrogen) atoms. The molecule has 0 spiro atoms. The van der Waals surface area contributed by atoms with Crippen molar-refractivity contribution in [2.24, 2.45) is 23.7 Å². The first-order chi connectivity index (χ1) is 14.7. The molecule has 3 heterocycles. The Bertz CT molecular complexity index is 540. The number of unbranched alkanes of at least 4 members (excludes halogenated alkanes) is 1. The highest BCUT2D eigenvalue weighted by Gasteiger charge is 2.56. The van der Waals surface area contributed by atoms with Gasteiger partial charge in [0.05, 0.1) is 6.61 Å². The third kappa shape index (κ3) is 4.91. The third-order valence-corrected chi connectivity index (χ3v) is 8.56. The average molecular weight is 423 g/mol. The summed E-state index contributed by atoms with van der Waals surface area (Å²) in [5, 5.41) is 0. The smallest absolute Gasteiger partial charge is 0.190 e. The van der Waals surface area contributed by atoms with Gasteiger partial charge in [-0.15, -0.1) is 0 Å². The topological polar surface area (TPSA) is 46.2 Å². The largest absolute Gasteiger partial charge is 0.350 e. The molecule has 172 valence electrons. The minimum Gasteiger partial charge on any atom is -0.350 e. The molecule has 6 atom stereocenters. The zero-order chi connectivity index (χ0) is 20.5. The average Bonchev–Trinajstić information content (AvgIpc) is 3.31. The molecule has 0 radical (unpaired) electrons. The van der Waals surface area contributed by atoms with E-state index in [4.69, 9.17) is 23.7 Å². The molecule has 5 heteroatoms. The normalized spacial score (nSPS) is 49.0. The minimum absolute atomic E-state index is 0.0486. The molecule has 5 fully saturated rings. The van der Waals surface area contributed by atoms with Gasteiger partial charge in [0.1, 0.15) is 18.3 Å². The van der Waals surface area contributed by atoms with Gasteiger partial charge in [0.2, 0.25) is 0 Å². The lowest BCUT2D eigenvalue weighted by molar-refractivity contribution is -0.268. The fourth-order valence-corrected chi connectivity index (χ4v) is 6.51. The second-order valence-electron chi connectivity index (χ2n) is 10.8. The van der Waals surface area contributed by atoms with Crippen molar-refractivity contribution in [3.8, 4) is 0 Å². The highest BCUT2D eigenvalue weighted by atomic mass is 16.8. The molecule has 0 aromatic heterocycles. The Labute approximate surface area is 182 Å². The van der Waals surface area contributed by atoms with Crippen LogP contribution < -0.4 is 0 Å². The molecule has 0 bridgehead atoms. The Balaban J connectivity index is 0.986. The standard InChI is InChI=1S/C25H42O5/c1-16-7-9-18(10-8-16)5-3-4-6-19-11-13-20(14-12-19)24-29-23-22-21(28-25(23)30-24)15-26-17(2)27-22/h16-25H,3-15H2,1-2H3. The van der Waals surface area contributed by atoms with E-state index in [0.717, 1.165) is 17.8 Å². The van der Waals surface area contributed by atoms with E-state index in [-0.39, 0.29) is 37.2 Å². The molecule has 5 rings (SSSR count). The van der Waals surface area contributed by atoms with Crippen LogP contribution in [0.5, 0.6) is 0 Å². The van der Waals surface area contributed by atoms with E-state index in [1.807, 2.05) is 6.92 Å². The van der Waals surface area contributed by atoms with E-state index in [0.29, 0.717) is 12.5 Å². The fraction of sp³-hybridized carbons (Fsp3) is 1.00. The second-order valence-corrected chi connectivity index (χ2v) is 10.8. The predicted molar refractivity (Wildman–Crippen MR) is 114 cm³/mol. The summed E-state index contributed by atoms with van der Waals surface area (Å²) in [6, 6.07) is 0. The van der Waals surface area contributed by atoms with Crippen LogP contribution in [-0.4, -0.2) is 43.8 Å². The first-order valence-corrected chi connectivity index (χ1v) is 12.9. The summed E-state index contributed by atoms with van der Waals surface area (Å²) < 4.78 is 30.0. The van der Waals surface area contributed by atoms with E-state index < -0.39 is 0 Å². The Hall–Kier alpha value is -0.200. The molecule has 0 amide bonds. The van der Waals surface area contributed by atoms with Crippen LogP contribution in [0.15, 0.2) is 0 Å². The lowest BCUT2D eigenvalue weighted by atomic mass is 9.78. The number of rotatable bonds is 6. The molecule has 0 aromatic rings. The molecule has 6 unspecified atom stereocenters. The van der Waals surface area contributed by atoms with Gasteiger partial charge in [-0.1, -0.05) is 58.3 Å². The molecule has 3 aliphatic heterocycles. The van der Waals surface area contributed by atoms with E-state index in [9.17, 15) is 0 Å². The highest BCUT2D eigenvalue weighted by molar-refractivity contribution is 4.95. The number of fused-ring (bicyclic) bond motifs is 3. The van der Waals surface area contributed by atoms with Crippen LogP contribution in [-0.2, 0) is 23.7 Å². The summed E-state index contributed by atoms with van der Waals surface area (Å²) in [6.45, 7) is 4.93. The SMILES string of the molecule is CC1CCC(CCCCC2CCC(C3OC4OC5COC(C)OC5C4O3)CC2)CC1. The van der Waals surface area contributed by atoms with Gasteiger partial charge in [-0.25, -0.2) is 0 Å². The molecule has 2 saturated carbocycles. The molecular formula is C25H42O5. The minimum atomic E-state index is -0.278. The molecule has 5 nitrogen and oxygen atoms in total. The maximum Gasteiger partial charge on any atom is 0.190 e. The Morgan fingerprint density at radius 3 is 2.00 bits per heavy atom. The number of hydrogen-bond acceptors (Lipinski definition) is 5. The van der Waals surface area contributed by atoms with Gasteiger partial charge in [0.15, 0.2) is 18.9 Å². The van der Waals surface area contributed by atoms with Gasteiger partial charge < -0.3 is 23.7 Å². The number of hydrogen-bond donors (Lipinski definition) is 0. The van der Waals surface area contributed by atoms with Crippen LogP contribution in [0.4, 0.5) is 0 Å². The zero-order valence-electron chi connectivity index (χ0n) is 19.0. The van der Waals surface area contributed by atoms with Crippen molar-refractivity contribution in [2.75, 3.05) is 6.61 Å². The van der Waals surface area contributed by atoms with Crippen molar-refractivity contribution >= 4 is 0 Å². The monoisotopic (exact) mass is 422 g/mol. The first kappa shape index (κ1) is 21.6. The van der Waals surface area contributed by atoms with Gasteiger partial charge in [-0.2, -0.15) is 0 Å². The Morgan fingerprint density at radius 1 is 0.633 bits per heavy atom. The van der Waals surface area contributed by atoms with Crippen molar-refractivity contribution < 1.29 is 23.7 Å². The van der Waals surface area contributed by atoms with Crippen molar-refractivity contribution in [1.82, 2.24) is 0 Å². The quantitative estimate of drug-likeness (QED) is 0.536. The second kappa shape index (κ2) is 9.74. The van der Waals surface area contributed by atoms with Gasteiger partial charge in [0.25, 0.3) is 0 Å². The van der Waals surface area contributed by atoms with Crippen LogP contribution in [0, 0.1) is 23.7 Å². The molecule has 2 aliphatic carbocycles. The maximum atomic E-state index is 6.32. The molecule has 0 N–H and O–H groups in total. The number of ether oxygens (including phenoxy) is 5. The third-order valence-electron chi connectivity index (χ3n) is 8.56. The summed E-state index contributed by atoms with van der Waals surface area (Å²) in [6.07, 6.45) is 16.0. The molecular weight excluding hydrogens is 380 g/mol. The molecule has 0 aromatic carbocycles. The summed E-state index contributed by atoms with van der Waals surface area (Å²) in [7, 11) is 0. The van der Waals surface area contributed by atoms with Crippen LogP contribution in [0.25, 0.3) is 0 Å². The molecule has 3 saturated heterocycles. The van der Waals surface area contributed by atoms with E-state index in [1.165, 1.54) is 77.0 Å². The summed E-state index contributed by atoms with van der Waals surface area (Å²) in [5.74, 6) is 3.42.